The molecule has 1 aliphatic rings. The first-order valence-electron chi connectivity index (χ1n) is 5.38. The molecule has 1 heterocycles. The maximum absolute atomic E-state index is 11.0. The van der Waals surface area contributed by atoms with Crippen molar-refractivity contribution in [3.05, 3.63) is 35.9 Å². The zero-order chi connectivity index (χ0) is 11.4. The van der Waals surface area contributed by atoms with Crippen LogP contribution < -0.4 is 0 Å². The Bertz CT molecular complexity index is 353. The summed E-state index contributed by atoms with van der Waals surface area (Å²) in [5, 5.41) is 9.06. The Labute approximate surface area is 94.4 Å². The van der Waals surface area contributed by atoms with E-state index >= 15 is 0 Å². The van der Waals surface area contributed by atoms with E-state index in [1.807, 2.05) is 30.3 Å². The normalized spacial score (nSPS) is 20.8. The van der Waals surface area contributed by atoms with Crippen LogP contribution in [0.25, 0.3) is 0 Å². The molecule has 1 atom stereocenters. The van der Waals surface area contributed by atoms with E-state index in [0.717, 1.165) is 5.56 Å². The third-order valence-corrected chi connectivity index (χ3v) is 2.79. The van der Waals surface area contributed by atoms with Crippen molar-refractivity contribution in [3.63, 3.8) is 0 Å². The lowest BCUT2D eigenvalue weighted by molar-refractivity contribution is 0.000287. The van der Waals surface area contributed by atoms with Gasteiger partial charge in [0.15, 0.2) is 0 Å². The van der Waals surface area contributed by atoms with Gasteiger partial charge >= 0.3 is 6.09 Å². The molecule has 0 unspecified atom stereocenters. The van der Waals surface area contributed by atoms with Crippen molar-refractivity contribution in [2.24, 2.45) is 0 Å². The van der Waals surface area contributed by atoms with Gasteiger partial charge in [0.1, 0.15) is 0 Å². The van der Waals surface area contributed by atoms with Crippen LogP contribution in [0.1, 0.15) is 5.56 Å². The zero-order valence-electron chi connectivity index (χ0n) is 9.00. The van der Waals surface area contributed by atoms with Crippen LogP contribution in [0.5, 0.6) is 0 Å². The molecular formula is C12H15NO3. The van der Waals surface area contributed by atoms with E-state index in [2.05, 4.69) is 0 Å². The fourth-order valence-electron chi connectivity index (χ4n) is 1.96. The second kappa shape index (κ2) is 4.99. The lowest BCUT2D eigenvalue weighted by atomic mass is 10.0. The van der Waals surface area contributed by atoms with Crippen LogP contribution in [0.15, 0.2) is 30.3 Å². The molecule has 1 aromatic rings. The van der Waals surface area contributed by atoms with Gasteiger partial charge in [0.2, 0.25) is 0 Å². The van der Waals surface area contributed by atoms with Gasteiger partial charge in [-0.15, -0.1) is 0 Å². The van der Waals surface area contributed by atoms with Crippen LogP contribution in [0, 0.1) is 0 Å². The first-order valence-corrected chi connectivity index (χ1v) is 5.38. The Balaban J connectivity index is 2.04. The molecule has 0 aromatic heterocycles. The summed E-state index contributed by atoms with van der Waals surface area (Å²) in [6.45, 7) is 1.45. The maximum Gasteiger partial charge on any atom is 0.407 e. The fourth-order valence-corrected chi connectivity index (χ4v) is 1.96. The number of nitrogens with zero attached hydrogens (tertiary/aromatic N) is 1. The summed E-state index contributed by atoms with van der Waals surface area (Å²) in [4.78, 5) is 12.5. The molecule has 0 bridgehead atoms. The van der Waals surface area contributed by atoms with Crippen LogP contribution in [-0.4, -0.2) is 41.9 Å². The highest BCUT2D eigenvalue weighted by Crippen LogP contribution is 2.13. The zero-order valence-corrected chi connectivity index (χ0v) is 9.00. The molecule has 0 aliphatic carbocycles. The van der Waals surface area contributed by atoms with Crippen LogP contribution >= 0.6 is 0 Å². The van der Waals surface area contributed by atoms with Crippen molar-refractivity contribution in [1.82, 2.24) is 4.90 Å². The van der Waals surface area contributed by atoms with Crippen molar-refractivity contribution in [1.29, 1.82) is 0 Å². The number of ether oxygens (including phenoxy) is 1. The molecule has 0 spiro atoms. The molecule has 4 nitrogen and oxygen atoms in total. The minimum absolute atomic E-state index is 0.0614. The monoisotopic (exact) mass is 221 g/mol. The average molecular weight is 221 g/mol. The average Bonchev–Trinajstić information content (AvgIpc) is 2.31. The molecule has 0 radical (unpaired) electrons. The number of benzene rings is 1. The quantitative estimate of drug-likeness (QED) is 0.825. The molecule has 1 amide bonds. The summed E-state index contributed by atoms with van der Waals surface area (Å²) in [6, 6.07) is 9.83. The highest BCUT2D eigenvalue weighted by Gasteiger charge is 2.26. The third-order valence-electron chi connectivity index (χ3n) is 2.79. The highest BCUT2D eigenvalue weighted by atomic mass is 16.5. The second-order valence-electron chi connectivity index (χ2n) is 3.89. The summed E-state index contributed by atoms with van der Waals surface area (Å²) in [5.74, 6) is 0. The van der Waals surface area contributed by atoms with Crippen molar-refractivity contribution < 1.29 is 14.6 Å². The van der Waals surface area contributed by atoms with E-state index in [1.165, 1.54) is 4.90 Å². The van der Waals surface area contributed by atoms with Gasteiger partial charge in [0, 0.05) is 6.54 Å². The molecule has 1 fully saturated rings. The largest absolute Gasteiger partial charge is 0.465 e. The molecule has 2 rings (SSSR count). The molecule has 4 heteroatoms. The smallest absolute Gasteiger partial charge is 0.407 e. The van der Waals surface area contributed by atoms with Crippen LogP contribution in [-0.2, 0) is 11.2 Å². The molecule has 16 heavy (non-hydrogen) atoms. The van der Waals surface area contributed by atoms with Crippen molar-refractivity contribution >= 4 is 6.09 Å². The topological polar surface area (TPSA) is 49.8 Å². The second-order valence-corrected chi connectivity index (χ2v) is 3.89. The predicted molar refractivity (Wildman–Crippen MR) is 59.5 cm³/mol. The summed E-state index contributed by atoms with van der Waals surface area (Å²) < 4.78 is 5.33. The molecule has 1 saturated heterocycles. The van der Waals surface area contributed by atoms with Crippen LogP contribution in [0.4, 0.5) is 4.79 Å². The number of hydrogen-bond acceptors (Lipinski definition) is 2. The van der Waals surface area contributed by atoms with Gasteiger partial charge in [-0.05, 0) is 12.0 Å². The minimum atomic E-state index is -0.857. The number of carboxylic acid groups (broad SMARTS) is 1. The van der Waals surface area contributed by atoms with E-state index in [4.69, 9.17) is 9.84 Å². The summed E-state index contributed by atoms with van der Waals surface area (Å²) in [5.41, 5.74) is 1.14. The van der Waals surface area contributed by atoms with Crippen molar-refractivity contribution in [2.45, 2.75) is 12.5 Å². The molecule has 1 aromatic carbocycles. The fraction of sp³-hybridized carbons (Fsp3) is 0.417. The van der Waals surface area contributed by atoms with E-state index in [1.54, 1.807) is 0 Å². The molecule has 0 saturated carbocycles. The van der Waals surface area contributed by atoms with E-state index in [0.29, 0.717) is 26.2 Å². The number of carbonyl (C=O) groups is 1. The number of hydrogen-bond donors (Lipinski definition) is 1. The van der Waals surface area contributed by atoms with Gasteiger partial charge in [0.05, 0.1) is 19.3 Å². The Morgan fingerprint density at radius 1 is 1.44 bits per heavy atom. The van der Waals surface area contributed by atoms with Crippen molar-refractivity contribution in [3.8, 4) is 0 Å². The first-order chi connectivity index (χ1) is 7.77. The molecule has 1 aliphatic heterocycles. The minimum Gasteiger partial charge on any atom is -0.465 e. The van der Waals surface area contributed by atoms with Gasteiger partial charge in [-0.1, -0.05) is 30.3 Å². The van der Waals surface area contributed by atoms with E-state index in [9.17, 15) is 4.79 Å². The van der Waals surface area contributed by atoms with Gasteiger partial charge < -0.3 is 14.7 Å². The van der Waals surface area contributed by atoms with Gasteiger partial charge in [-0.25, -0.2) is 4.79 Å². The molecular weight excluding hydrogens is 206 g/mol. The lowest BCUT2D eigenvalue weighted by Crippen LogP contribution is -2.49. The van der Waals surface area contributed by atoms with E-state index < -0.39 is 6.09 Å². The van der Waals surface area contributed by atoms with Gasteiger partial charge in [-0.2, -0.15) is 0 Å². The van der Waals surface area contributed by atoms with Crippen molar-refractivity contribution in [2.75, 3.05) is 19.8 Å². The molecule has 1 N–H and O–H groups in total. The third kappa shape index (κ3) is 2.52. The summed E-state index contributed by atoms with van der Waals surface area (Å²) in [7, 11) is 0. The summed E-state index contributed by atoms with van der Waals surface area (Å²) in [6.07, 6.45) is -0.142. The lowest BCUT2D eigenvalue weighted by Gasteiger charge is -2.33. The predicted octanol–water partition coefficient (Wildman–Crippen LogP) is 1.61. The Morgan fingerprint density at radius 3 is 2.88 bits per heavy atom. The number of amides is 1. The van der Waals surface area contributed by atoms with Gasteiger partial charge in [0.25, 0.3) is 0 Å². The SMILES string of the molecule is O=C(O)N1CCOC[C@@H]1Cc1ccccc1. The van der Waals surface area contributed by atoms with Crippen LogP contribution in [0.2, 0.25) is 0 Å². The molecule has 86 valence electrons. The maximum atomic E-state index is 11.0. The Kier molecular flexibility index (Phi) is 3.41. The van der Waals surface area contributed by atoms with Gasteiger partial charge in [-0.3, -0.25) is 0 Å². The Morgan fingerprint density at radius 2 is 2.19 bits per heavy atom. The van der Waals surface area contributed by atoms with E-state index in [-0.39, 0.29) is 6.04 Å². The number of rotatable bonds is 2. The number of morpholine rings is 1. The Hall–Kier alpha value is -1.55. The highest BCUT2D eigenvalue weighted by molar-refractivity contribution is 5.65. The van der Waals surface area contributed by atoms with Crippen LogP contribution in [0.3, 0.4) is 0 Å². The first kappa shape index (κ1) is 11.0. The summed E-state index contributed by atoms with van der Waals surface area (Å²) >= 11 is 0. The standard InChI is InChI=1S/C12H15NO3/c14-12(15)13-6-7-16-9-11(13)8-10-4-2-1-3-5-10/h1-5,11H,6-9H2,(H,14,15)/t11-/m0/s1.